The van der Waals surface area contributed by atoms with Crippen molar-refractivity contribution in [2.75, 3.05) is 7.11 Å². The first kappa shape index (κ1) is 20.2. The summed E-state index contributed by atoms with van der Waals surface area (Å²) >= 11 is 9.44. The first-order valence-electron chi connectivity index (χ1n) is 8.59. The van der Waals surface area contributed by atoms with Crippen molar-refractivity contribution in [3.05, 3.63) is 99.0 Å². The van der Waals surface area contributed by atoms with Crippen molar-refractivity contribution in [1.29, 1.82) is 0 Å². The topological polar surface area (TPSA) is 35.5 Å². The van der Waals surface area contributed by atoms with E-state index in [0.717, 1.165) is 15.6 Å². The molecule has 0 aromatic heterocycles. The number of carbonyl (C=O) groups excluding carboxylic acids is 1. The van der Waals surface area contributed by atoms with Gasteiger partial charge in [0.25, 0.3) is 0 Å². The molecular formula is C23H18BrClO3. The quantitative estimate of drug-likeness (QED) is 0.297. The van der Waals surface area contributed by atoms with Crippen molar-refractivity contribution in [3.8, 4) is 11.5 Å². The third-order valence-corrected chi connectivity index (χ3v) is 4.87. The number of methoxy groups -OCH3 is 1. The van der Waals surface area contributed by atoms with E-state index in [1.165, 1.54) is 0 Å². The van der Waals surface area contributed by atoms with Crippen LogP contribution in [0.15, 0.2) is 77.3 Å². The van der Waals surface area contributed by atoms with Gasteiger partial charge in [-0.2, -0.15) is 0 Å². The lowest BCUT2D eigenvalue weighted by atomic mass is 10.1. The van der Waals surface area contributed by atoms with Gasteiger partial charge in [-0.1, -0.05) is 60.1 Å². The van der Waals surface area contributed by atoms with Crippen LogP contribution in [0, 0.1) is 0 Å². The standard InChI is InChI=1S/C23H18BrClO3/c1-27-22-14-17(9-12-21(26)18-5-3-2-4-6-18)13-20(24)23(22)28-15-16-7-10-19(25)11-8-16/h2-14H,15H2,1H3/b12-9+. The molecule has 142 valence electrons. The molecule has 0 heterocycles. The number of carbonyl (C=O) groups is 1. The van der Waals surface area contributed by atoms with Crippen LogP contribution in [0.4, 0.5) is 0 Å². The number of benzene rings is 3. The fraction of sp³-hybridized carbons (Fsp3) is 0.0870. The highest BCUT2D eigenvalue weighted by Crippen LogP contribution is 2.37. The number of ether oxygens (including phenoxy) is 2. The van der Waals surface area contributed by atoms with E-state index in [0.29, 0.717) is 28.7 Å². The van der Waals surface area contributed by atoms with E-state index in [9.17, 15) is 4.79 Å². The Bertz CT molecular complexity index is 983. The molecule has 0 saturated carbocycles. The monoisotopic (exact) mass is 456 g/mol. The molecule has 3 aromatic carbocycles. The van der Waals surface area contributed by atoms with Gasteiger partial charge < -0.3 is 9.47 Å². The minimum Gasteiger partial charge on any atom is -0.493 e. The van der Waals surface area contributed by atoms with Crippen LogP contribution in [-0.2, 0) is 6.61 Å². The highest BCUT2D eigenvalue weighted by atomic mass is 79.9. The Kier molecular flexibility index (Phi) is 6.90. The van der Waals surface area contributed by atoms with Gasteiger partial charge in [0, 0.05) is 10.6 Å². The van der Waals surface area contributed by atoms with E-state index in [1.807, 2.05) is 54.6 Å². The highest BCUT2D eigenvalue weighted by molar-refractivity contribution is 9.10. The summed E-state index contributed by atoms with van der Waals surface area (Å²) in [6, 6.07) is 20.3. The predicted molar refractivity (Wildman–Crippen MR) is 116 cm³/mol. The molecule has 0 saturated heterocycles. The molecule has 0 aliphatic heterocycles. The summed E-state index contributed by atoms with van der Waals surface area (Å²) in [5.41, 5.74) is 2.47. The maximum absolute atomic E-state index is 12.2. The molecule has 0 aliphatic rings. The molecule has 0 spiro atoms. The summed E-state index contributed by atoms with van der Waals surface area (Å²) in [7, 11) is 1.58. The molecule has 0 aliphatic carbocycles. The van der Waals surface area contributed by atoms with Gasteiger partial charge in [-0.15, -0.1) is 0 Å². The van der Waals surface area contributed by atoms with E-state index >= 15 is 0 Å². The van der Waals surface area contributed by atoms with Crippen molar-refractivity contribution < 1.29 is 14.3 Å². The van der Waals surface area contributed by atoms with E-state index < -0.39 is 0 Å². The van der Waals surface area contributed by atoms with Gasteiger partial charge >= 0.3 is 0 Å². The third-order valence-electron chi connectivity index (χ3n) is 4.03. The van der Waals surface area contributed by atoms with Crippen LogP contribution >= 0.6 is 27.5 Å². The lowest BCUT2D eigenvalue weighted by molar-refractivity contribution is 0.104. The number of rotatable bonds is 7. The lowest BCUT2D eigenvalue weighted by Gasteiger charge is -2.13. The molecule has 0 fully saturated rings. The van der Waals surface area contributed by atoms with Gasteiger partial charge in [-0.05, 0) is 57.4 Å². The Balaban J connectivity index is 1.76. The largest absolute Gasteiger partial charge is 0.493 e. The molecule has 0 atom stereocenters. The Hall–Kier alpha value is -2.56. The van der Waals surface area contributed by atoms with Crippen LogP contribution in [0.3, 0.4) is 0 Å². The second kappa shape index (κ2) is 9.58. The molecule has 0 bridgehead atoms. The zero-order valence-electron chi connectivity index (χ0n) is 15.2. The van der Waals surface area contributed by atoms with Crippen LogP contribution in [-0.4, -0.2) is 12.9 Å². The molecule has 3 rings (SSSR count). The van der Waals surface area contributed by atoms with Crippen LogP contribution in [0.2, 0.25) is 5.02 Å². The van der Waals surface area contributed by atoms with Crippen LogP contribution in [0.5, 0.6) is 11.5 Å². The van der Waals surface area contributed by atoms with Gasteiger partial charge in [-0.25, -0.2) is 0 Å². The summed E-state index contributed by atoms with van der Waals surface area (Å²) in [6.07, 6.45) is 3.30. The molecule has 0 radical (unpaired) electrons. The van der Waals surface area contributed by atoms with Gasteiger partial charge in [0.1, 0.15) is 6.61 Å². The van der Waals surface area contributed by atoms with Crippen molar-refractivity contribution in [3.63, 3.8) is 0 Å². The molecule has 3 nitrogen and oxygen atoms in total. The third kappa shape index (κ3) is 5.24. The number of hydrogen-bond donors (Lipinski definition) is 0. The maximum Gasteiger partial charge on any atom is 0.185 e. The molecule has 0 N–H and O–H groups in total. The fourth-order valence-electron chi connectivity index (χ4n) is 2.58. The van der Waals surface area contributed by atoms with Gasteiger partial charge in [-0.3, -0.25) is 4.79 Å². The van der Waals surface area contributed by atoms with Crippen molar-refractivity contribution in [2.45, 2.75) is 6.61 Å². The number of hydrogen-bond acceptors (Lipinski definition) is 3. The van der Waals surface area contributed by atoms with E-state index in [-0.39, 0.29) is 5.78 Å². The summed E-state index contributed by atoms with van der Waals surface area (Å²) in [4.78, 5) is 12.2. The minimum absolute atomic E-state index is 0.0567. The normalized spacial score (nSPS) is 10.8. The van der Waals surface area contributed by atoms with Crippen LogP contribution < -0.4 is 9.47 Å². The zero-order chi connectivity index (χ0) is 19.9. The van der Waals surface area contributed by atoms with Gasteiger partial charge in [0.05, 0.1) is 11.6 Å². The summed E-state index contributed by atoms with van der Waals surface area (Å²) in [5, 5.41) is 0.684. The van der Waals surface area contributed by atoms with Crippen molar-refractivity contribution >= 4 is 39.4 Å². The fourth-order valence-corrected chi connectivity index (χ4v) is 3.28. The molecule has 5 heteroatoms. The van der Waals surface area contributed by atoms with Crippen molar-refractivity contribution in [2.24, 2.45) is 0 Å². The molecular weight excluding hydrogens is 440 g/mol. The SMILES string of the molecule is COc1cc(/C=C/C(=O)c2ccccc2)cc(Br)c1OCc1ccc(Cl)cc1. The lowest BCUT2D eigenvalue weighted by Crippen LogP contribution is -1.99. The predicted octanol–water partition coefficient (Wildman–Crippen LogP) is 6.59. The molecule has 0 unspecified atom stereocenters. The van der Waals surface area contributed by atoms with Crippen molar-refractivity contribution in [1.82, 2.24) is 0 Å². The Morgan fingerprint density at radius 1 is 1.07 bits per heavy atom. The Morgan fingerprint density at radius 3 is 2.46 bits per heavy atom. The minimum atomic E-state index is -0.0567. The van der Waals surface area contributed by atoms with Crippen LogP contribution in [0.1, 0.15) is 21.5 Å². The number of allylic oxidation sites excluding steroid dienone is 1. The summed E-state index contributed by atoms with van der Waals surface area (Å²) in [6.45, 7) is 0.383. The highest BCUT2D eigenvalue weighted by Gasteiger charge is 2.12. The molecule has 28 heavy (non-hydrogen) atoms. The average Bonchev–Trinajstić information content (AvgIpc) is 2.72. The zero-order valence-corrected chi connectivity index (χ0v) is 17.5. The van der Waals surface area contributed by atoms with E-state index in [1.54, 1.807) is 31.4 Å². The number of halogens is 2. The average molecular weight is 458 g/mol. The smallest absolute Gasteiger partial charge is 0.185 e. The second-order valence-corrected chi connectivity index (χ2v) is 7.30. The number of ketones is 1. The first-order valence-corrected chi connectivity index (χ1v) is 9.76. The molecule has 0 amide bonds. The first-order chi connectivity index (χ1) is 13.6. The maximum atomic E-state index is 12.2. The Labute approximate surface area is 177 Å². The summed E-state index contributed by atoms with van der Waals surface area (Å²) in [5.74, 6) is 1.12. The second-order valence-electron chi connectivity index (χ2n) is 6.01. The molecule has 3 aromatic rings. The van der Waals surface area contributed by atoms with E-state index in [2.05, 4.69) is 15.9 Å². The van der Waals surface area contributed by atoms with E-state index in [4.69, 9.17) is 21.1 Å². The Morgan fingerprint density at radius 2 is 1.79 bits per heavy atom. The van der Waals surface area contributed by atoms with Gasteiger partial charge in [0.15, 0.2) is 17.3 Å². The van der Waals surface area contributed by atoms with Crippen LogP contribution in [0.25, 0.3) is 6.08 Å². The van der Waals surface area contributed by atoms with Gasteiger partial charge in [0.2, 0.25) is 0 Å². The summed E-state index contributed by atoms with van der Waals surface area (Å²) < 4.78 is 12.1.